The highest BCUT2D eigenvalue weighted by Crippen LogP contribution is 2.15. The predicted octanol–water partition coefficient (Wildman–Crippen LogP) is 2.42. The summed E-state index contributed by atoms with van der Waals surface area (Å²) in [6.45, 7) is 3.17. The molecule has 2 unspecified atom stereocenters. The number of hydrogen-bond donors (Lipinski definition) is 4. The number of benzene rings is 1. The van der Waals surface area contributed by atoms with Crippen LogP contribution in [0.1, 0.15) is 46.1 Å². The quantitative estimate of drug-likeness (QED) is 0.510. The van der Waals surface area contributed by atoms with Crippen molar-refractivity contribution in [1.82, 2.24) is 10.2 Å². The monoisotopic (exact) mass is 488 g/mol. The van der Waals surface area contributed by atoms with Crippen LogP contribution in [0, 0.1) is 0 Å². The van der Waals surface area contributed by atoms with Crippen molar-refractivity contribution in [1.29, 1.82) is 0 Å². The molecule has 0 radical (unpaired) electrons. The van der Waals surface area contributed by atoms with E-state index >= 15 is 0 Å². The molecule has 34 heavy (non-hydrogen) atoms. The minimum absolute atomic E-state index is 0. The molecule has 2 aliphatic rings. The van der Waals surface area contributed by atoms with Gasteiger partial charge in [-0.25, -0.2) is 4.79 Å². The Kier molecular flexibility index (Phi) is 20.9. The summed E-state index contributed by atoms with van der Waals surface area (Å²) in [4.78, 5) is 13.6. The lowest BCUT2D eigenvalue weighted by molar-refractivity contribution is -0.0122. The Bertz CT molecular complexity index is 606. The van der Waals surface area contributed by atoms with Gasteiger partial charge in [0, 0.05) is 34.4 Å². The van der Waals surface area contributed by atoms with Crippen LogP contribution in [-0.2, 0) is 20.8 Å². The van der Waals surface area contributed by atoms with Crippen LogP contribution in [0.3, 0.4) is 0 Å². The molecule has 9 heteroatoms. The number of carbonyl (C=O) groups excluding carboxylic acids is 1. The SMILES string of the molecule is C.C.CO.CO[C@H]1CCN(C(=O)OCc2ccccc2)CCC1O.CO[C@H]1CCNCCC1O. The normalized spacial score (nSPS) is 24.2. The number of carbonyl (C=O) groups is 1. The molecule has 2 heterocycles. The molecule has 200 valence electrons. The van der Waals surface area contributed by atoms with Crippen LogP contribution in [0.2, 0.25) is 0 Å². The molecule has 0 spiro atoms. The Morgan fingerprint density at radius 1 is 0.912 bits per heavy atom. The van der Waals surface area contributed by atoms with E-state index in [0.717, 1.165) is 38.6 Å². The third-order valence-corrected chi connectivity index (χ3v) is 5.53. The summed E-state index contributed by atoms with van der Waals surface area (Å²) in [6, 6.07) is 9.58. The minimum atomic E-state index is -0.521. The number of aliphatic hydroxyl groups is 3. The lowest BCUT2D eigenvalue weighted by Crippen LogP contribution is -2.32. The van der Waals surface area contributed by atoms with Gasteiger partial charge >= 0.3 is 6.09 Å². The maximum atomic E-state index is 12.0. The summed E-state index contributed by atoms with van der Waals surface area (Å²) < 4.78 is 15.6. The van der Waals surface area contributed by atoms with Gasteiger partial charge in [0.15, 0.2) is 0 Å². The Hall–Kier alpha value is -1.75. The number of nitrogens with one attached hydrogen (secondary N) is 1. The van der Waals surface area contributed by atoms with Crippen molar-refractivity contribution in [3.05, 3.63) is 35.9 Å². The second-order valence-corrected chi connectivity index (χ2v) is 7.61. The lowest BCUT2D eigenvalue weighted by Gasteiger charge is -2.19. The van der Waals surface area contributed by atoms with Gasteiger partial charge in [-0.15, -0.1) is 0 Å². The maximum Gasteiger partial charge on any atom is 0.410 e. The van der Waals surface area contributed by atoms with Crippen LogP contribution < -0.4 is 5.32 Å². The van der Waals surface area contributed by atoms with E-state index in [-0.39, 0.29) is 45.9 Å². The summed E-state index contributed by atoms with van der Waals surface area (Å²) >= 11 is 0. The average Bonchev–Trinajstić information content (AvgIpc) is 3.16. The molecule has 2 fully saturated rings. The maximum absolute atomic E-state index is 12.0. The predicted molar refractivity (Wildman–Crippen MR) is 135 cm³/mol. The van der Waals surface area contributed by atoms with Crippen LogP contribution in [0.5, 0.6) is 0 Å². The smallest absolute Gasteiger partial charge is 0.410 e. The molecule has 9 nitrogen and oxygen atoms in total. The fourth-order valence-electron chi connectivity index (χ4n) is 3.60. The number of ether oxygens (including phenoxy) is 3. The van der Waals surface area contributed by atoms with E-state index in [1.807, 2.05) is 30.3 Å². The highest BCUT2D eigenvalue weighted by molar-refractivity contribution is 5.67. The fraction of sp³-hybridized carbons (Fsp3) is 0.720. The highest BCUT2D eigenvalue weighted by Gasteiger charge is 2.27. The van der Waals surface area contributed by atoms with Crippen LogP contribution >= 0.6 is 0 Å². The van der Waals surface area contributed by atoms with E-state index in [0.29, 0.717) is 25.9 Å². The standard InChI is InChI=1S/C15H21NO4.C7H15NO2.CH4O.2CH4/c1-19-14-8-10-16(9-7-13(14)17)15(18)20-11-12-5-3-2-4-6-12;1-10-7-3-5-8-4-2-6(7)9;1-2;;/h2-6,13-14,17H,7-11H2,1H3;6-9H,2-5H2,1H3;2H,1H3;2*1H4/t13?,14-;6?,7-;;;/m00.../s1. The van der Waals surface area contributed by atoms with Crippen LogP contribution in [0.15, 0.2) is 30.3 Å². The van der Waals surface area contributed by atoms with Gasteiger partial charge in [0.2, 0.25) is 0 Å². The molecule has 1 aromatic rings. The van der Waals surface area contributed by atoms with E-state index in [4.69, 9.17) is 19.3 Å². The van der Waals surface area contributed by atoms with Gasteiger partial charge < -0.3 is 39.7 Å². The summed E-state index contributed by atoms with van der Waals surface area (Å²) in [5.74, 6) is 0. The Morgan fingerprint density at radius 3 is 2.06 bits per heavy atom. The number of rotatable bonds is 4. The van der Waals surface area contributed by atoms with Gasteiger partial charge in [-0.2, -0.15) is 0 Å². The van der Waals surface area contributed by atoms with Crippen molar-refractivity contribution in [3.63, 3.8) is 0 Å². The van der Waals surface area contributed by atoms with Crippen molar-refractivity contribution in [2.75, 3.05) is 47.5 Å². The van der Waals surface area contributed by atoms with Crippen LogP contribution in [-0.4, -0.2) is 98.2 Å². The first-order valence-corrected chi connectivity index (χ1v) is 11.1. The molecule has 0 aromatic heterocycles. The van der Waals surface area contributed by atoms with E-state index in [1.165, 1.54) is 0 Å². The largest absolute Gasteiger partial charge is 0.445 e. The second kappa shape index (κ2) is 20.6. The van der Waals surface area contributed by atoms with Crippen LogP contribution in [0.25, 0.3) is 0 Å². The summed E-state index contributed by atoms with van der Waals surface area (Å²) in [5, 5.41) is 29.4. The Balaban J connectivity index is 0. The number of aliphatic hydroxyl groups excluding tert-OH is 3. The van der Waals surface area contributed by atoms with Crippen molar-refractivity contribution in [2.45, 2.75) is 71.6 Å². The first-order chi connectivity index (χ1) is 15.5. The molecular formula is C25H48N2O7. The molecule has 4 atom stereocenters. The molecule has 2 saturated heterocycles. The van der Waals surface area contributed by atoms with E-state index in [2.05, 4.69) is 5.32 Å². The molecule has 4 N–H and O–H groups in total. The van der Waals surface area contributed by atoms with Gasteiger partial charge in [0.05, 0.1) is 24.4 Å². The molecular weight excluding hydrogens is 440 g/mol. The van der Waals surface area contributed by atoms with Gasteiger partial charge in [0.1, 0.15) is 6.61 Å². The molecule has 1 amide bonds. The summed E-state index contributed by atoms with van der Waals surface area (Å²) in [7, 11) is 4.23. The molecule has 3 rings (SSSR count). The summed E-state index contributed by atoms with van der Waals surface area (Å²) in [6.07, 6.45) is 1.55. The minimum Gasteiger partial charge on any atom is -0.445 e. The number of hydrogen-bond acceptors (Lipinski definition) is 8. The number of likely N-dealkylation sites (tertiary alicyclic amines) is 1. The van der Waals surface area contributed by atoms with Gasteiger partial charge in [-0.1, -0.05) is 45.2 Å². The zero-order valence-electron chi connectivity index (χ0n) is 19.5. The third-order valence-electron chi connectivity index (χ3n) is 5.53. The fourth-order valence-corrected chi connectivity index (χ4v) is 3.60. The molecule has 0 aliphatic carbocycles. The van der Waals surface area contributed by atoms with Crippen molar-refractivity contribution in [3.8, 4) is 0 Å². The van der Waals surface area contributed by atoms with Crippen molar-refractivity contribution in [2.24, 2.45) is 0 Å². The third kappa shape index (κ3) is 12.6. The van der Waals surface area contributed by atoms with Crippen LogP contribution in [0.4, 0.5) is 4.79 Å². The molecule has 0 saturated carbocycles. The topological polar surface area (TPSA) is 121 Å². The second-order valence-electron chi connectivity index (χ2n) is 7.61. The Morgan fingerprint density at radius 2 is 1.44 bits per heavy atom. The number of nitrogens with zero attached hydrogens (tertiary/aromatic N) is 1. The molecule has 1 aromatic carbocycles. The Labute approximate surface area is 206 Å². The van der Waals surface area contributed by atoms with Crippen molar-refractivity contribution < 1.29 is 34.3 Å². The zero-order chi connectivity index (χ0) is 23.8. The van der Waals surface area contributed by atoms with Gasteiger partial charge in [0.25, 0.3) is 0 Å². The number of methoxy groups -OCH3 is 2. The van der Waals surface area contributed by atoms with E-state index in [1.54, 1.807) is 19.1 Å². The summed E-state index contributed by atoms with van der Waals surface area (Å²) in [5.41, 5.74) is 0.963. The number of amides is 1. The zero-order valence-corrected chi connectivity index (χ0v) is 19.5. The van der Waals surface area contributed by atoms with Gasteiger partial charge in [-0.3, -0.25) is 0 Å². The average molecular weight is 489 g/mol. The van der Waals surface area contributed by atoms with Crippen molar-refractivity contribution >= 4 is 6.09 Å². The molecule has 0 bridgehead atoms. The first-order valence-electron chi connectivity index (χ1n) is 11.1. The highest BCUT2D eigenvalue weighted by atomic mass is 16.6. The van der Waals surface area contributed by atoms with Gasteiger partial charge in [-0.05, 0) is 44.3 Å². The lowest BCUT2D eigenvalue weighted by atomic mass is 10.1. The van der Waals surface area contributed by atoms with E-state index in [9.17, 15) is 15.0 Å². The first kappa shape index (κ1) is 34.4. The van der Waals surface area contributed by atoms with E-state index < -0.39 is 6.10 Å². The molecule has 2 aliphatic heterocycles.